The molecule has 2 rings (SSSR count). The molecule has 0 saturated heterocycles. The molecule has 2 nitrogen and oxygen atoms in total. The van der Waals surface area contributed by atoms with E-state index in [1.807, 2.05) is 32.2 Å². The molecule has 2 N–H and O–H groups in total. The van der Waals surface area contributed by atoms with Crippen LogP contribution in [0.2, 0.25) is 0 Å². The van der Waals surface area contributed by atoms with Crippen molar-refractivity contribution in [3.63, 3.8) is 0 Å². The number of halogens is 1. The Morgan fingerprint density at radius 3 is 2.78 bits per heavy atom. The smallest absolute Gasteiger partial charge is 0.123 e. The summed E-state index contributed by atoms with van der Waals surface area (Å²) in [6, 6.07) is 9.19. The first-order valence-corrected chi connectivity index (χ1v) is 6.21. The lowest BCUT2D eigenvalue weighted by atomic mass is 10.1. The Kier molecular flexibility index (Phi) is 3.82. The molecular weight excluding hydrogens is 227 g/mol. The predicted molar refractivity (Wildman–Crippen MR) is 72.0 cm³/mol. The van der Waals surface area contributed by atoms with Gasteiger partial charge in [0.15, 0.2) is 0 Å². The molecule has 3 heteroatoms. The maximum absolute atomic E-state index is 13.1. The molecule has 1 heterocycles. The van der Waals surface area contributed by atoms with Gasteiger partial charge in [0.2, 0.25) is 0 Å². The van der Waals surface area contributed by atoms with Crippen molar-refractivity contribution in [1.29, 1.82) is 0 Å². The van der Waals surface area contributed by atoms with E-state index in [0.29, 0.717) is 0 Å². The number of hydrogen-bond acceptors (Lipinski definition) is 1. The van der Waals surface area contributed by atoms with E-state index in [9.17, 15) is 4.39 Å². The zero-order valence-corrected chi connectivity index (χ0v) is 10.9. The second-order valence-corrected chi connectivity index (χ2v) is 4.88. The topological polar surface area (TPSA) is 30.9 Å². The molecule has 0 radical (unpaired) electrons. The Bertz CT molecular complexity index is 529. The van der Waals surface area contributed by atoms with Crippen LogP contribution >= 0.6 is 0 Å². The minimum atomic E-state index is -0.181. The van der Waals surface area contributed by atoms with Crippen molar-refractivity contribution in [2.75, 3.05) is 0 Å². The second-order valence-electron chi connectivity index (χ2n) is 4.88. The third kappa shape index (κ3) is 2.99. The molecule has 0 aliphatic carbocycles. The zero-order chi connectivity index (χ0) is 13.1. The molecule has 0 aliphatic heterocycles. The van der Waals surface area contributed by atoms with Crippen LogP contribution in [-0.4, -0.2) is 10.6 Å². The van der Waals surface area contributed by atoms with Gasteiger partial charge in [0.05, 0.1) is 0 Å². The SMILES string of the molecule is Cc1cc(F)ccc1Cn1cccc1CC(C)N. The van der Waals surface area contributed by atoms with E-state index in [0.717, 1.165) is 24.1 Å². The van der Waals surface area contributed by atoms with Gasteiger partial charge < -0.3 is 10.3 Å². The summed E-state index contributed by atoms with van der Waals surface area (Å²) in [6.07, 6.45) is 2.90. The Morgan fingerprint density at radius 1 is 1.33 bits per heavy atom. The van der Waals surface area contributed by atoms with Crippen LogP contribution in [0.15, 0.2) is 36.5 Å². The molecule has 96 valence electrons. The summed E-state index contributed by atoms with van der Waals surface area (Å²) >= 11 is 0. The van der Waals surface area contributed by atoms with E-state index in [1.54, 1.807) is 6.07 Å². The van der Waals surface area contributed by atoms with Gasteiger partial charge in [0.25, 0.3) is 0 Å². The summed E-state index contributed by atoms with van der Waals surface area (Å²) in [4.78, 5) is 0. The molecular formula is C15H19FN2. The van der Waals surface area contributed by atoms with Gasteiger partial charge in [0, 0.05) is 30.9 Å². The Hall–Kier alpha value is -1.61. The van der Waals surface area contributed by atoms with Crippen molar-refractivity contribution in [3.8, 4) is 0 Å². The number of nitrogens with two attached hydrogens (primary N) is 1. The van der Waals surface area contributed by atoms with Gasteiger partial charge in [-0.05, 0) is 49.2 Å². The van der Waals surface area contributed by atoms with Crippen LogP contribution in [0.4, 0.5) is 4.39 Å². The fourth-order valence-corrected chi connectivity index (χ4v) is 2.14. The Labute approximate surface area is 107 Å². The van der Waals surface area contributed by atoms with Gasteiger partial charge in [-0.1, -0.05) is 6.07 Å². The molecule has 18 heavy (non-hydrogen) atoms. The molecule has 1 aromatic carbocycles. The second kappa shape index (κ2) is 5.36. The lowest BCUT2D eigenvalue weighted by Gasteiger charge is -2.13. The van der Waals surface area contributed by atoms with Crippen LogP contribution < -0.4 is 5.73 Å². The average Bonchev–Trinajstić information content (AvgIpc) is 2.69. The quantitative estimate of drug-likeness (QED) is 0.883. The van der Waals surface area contributed by atoms with Crippen LogP contribution in [0.5, 0.6) is 0 Å². The highest BCUT2D eigenvalue weighted by atomic mass is 19.1. The molecule has 0 bridgehead atoms. The van der Waals surface area contributed by atoms with Gasteiger partial charge in [0.1, 0.15) is 5.82 Å². The first kappa shape index (κ1) is 12.8. The molecule has 2 aromatic rings. The molecule has 0 amide bonds. The number of aryl methyl sites for hydroxylation is 1. The highest BCUT2D eigenvalue weighted by Gasteiger charge is 2.06. The summed E-state index contributed by atoms with van der Waals surface area (Å²) in [7, 11) is 0. The Morgan fingerprint density at radius 2 is 2.11 bits per heavy atom. The first-order chi connectivity index (χ1) is 8.56. The summed E-state index contributed by atoms with van der Waals surface area (Å²) in [5, 5.41) is 0. The normalized spacial score (nSPS) is 12.7. The number of aromatic nitrogens is 1. The van der Waals surface area contributed by atoms with E-state index < -0.39 is 0 Å². The zero-order valence-electron chi connectivity index (χ0n) is 10.9. The van der Waals surface area contributed by atoms with Gasteiger partial charge in [-0.2, -0.15) is 0 Å². The van der Waals surface area contributed by atoms with Crippen LogP contribution in [0.1, 0.15) is 23.7 Å². The molecule has 1 unspecified atom stereocenters. The molecule has 0 saturated carbocycles. The maximum Gasteiger partial charge on any atom is 0.123 e. The molecule has 0 aliphatic rings. The lowest BCUT2D eigenvalue weighted by molar-refractivity contribution is 0.623. The van der Waals surface area contributed by atoms with E-state index >= 15 is 0 Å². The number of rotatable bonds is 4. The van der Waals surface area contributed by atoms with E-state index in [4.69, 9.17) is 5.73 Å². The third-order valence-corrected chi connectivity index (χ3v) is 3.10. The van der Waals surface area contributed by atoms with Crippen molar-refractivity contribution in [2.45, 2.75) is 32.9 Å². The first-order valence-electron chi connectivity index (χ1n) is 6.21. The van der Waals surface area contributed by atoms with Crippen LogP contribution in [0.3, 0.4) is 0 Å². The summed E-state index contributed by atoms with van der Waals surface area (Å²) in [6.45, 7) is 4.70. The van der Waals surface area contributed by atoms with Crippen molar-refractivity contribution < 1.29 is 4.39 Å². The van der Waals surface area contributed by atoms with E-state index in [2.05, 4.69) is 10.6 Å². The van der Waals surface area contributed by atoms with Gasteiger partial charge in [-0.25, -0.2) is 4.39 Å². The molecule has 1 aromatic heterocycles. The minimum Gasteiger partial charge on any atom is -0.347 e. The van der Waals surface area contributed by atoms with Gasteiger partial charge in [-0.3, -0.25) is 0 Å². The minimum absolute atomic E-state index is 0.146. The fraction of sp³-hybridized carbons (Fsp3) is 0.333. The maximum atomic E-state index is 13.1. The molecule has 0 fully saturated rings. The van der Waals surface area contributed by atoms with Crippen LogP contribution in [0.25, 0.3) is 0 Å². The van der Waals surface area contributed by atoms with Crippen molar-refractivity contribution in [1.82, 2.24) is 4.57 Å². The van der Waals surface area contributed by atoms with Crippen molar-refractivity contribution >= 4 is 0 Å². The highest BCUT2D eigenvalue weighted by molar-refractivity contribution is 5.27. The van der Waals surface area contributed by atoms with Crippen molar-refractivity contribution in [3.05, 3.63) is 59.2 Å². The number of nitrogens with zero attached hydrogens (tertiary/aromatic N) is 1. The number of benzene rings is 1. The van der Waals surface area contributed by atoms with Crippen LogP contribution in [-0.2, 0) is 13.0 Å². The Balaban J connectivity index is 2.21. The summed E-state index contributed by atoms with van der Waals surface area (Å²) in [5.74, 6) is -0.181. The summed E-state index contributed by atoms with van der Waals surface area (Å²) in [5.41, 5.74) is 9.17. The van der Waals surface area contributed by atoms with E-state index in [-0.39, 0.29) is 11.9 Å². The van der Waals surface area contributed by atoms with Gasteiger partial charge in [-0.15, -0.1) is 0 Å². The van der Waals surface area contributed by atoms with Crippen LogP contribution in [0, 0.1) is 12.7 Å². The van der Waals surface area contributed by atoms with Crippen molar-refractivity contribution in [2.24, 2.45) is 5.73 Å². The molecule has 0 spiro atoms. The largest absolute Gasteiger partial charge is 0.347 e. The predicted octanol–water partition coefficient (Wildman–Crippen LogP) is 2.87. The van der Waals surface area contributed by atoms with E-state index in [1.165, 1.54) is 11.8 Å². The average molecular weight is 246 g/mol. The molecule has 1 atom stereocenters. The third-order valence-electron chi connectivity index (χ3n) is 3.10. The highest BCUT2D eigenvalue weighted by Crippen LogP contribution is 2.14. The lowest BCUT2D eigenvalue weighted by Crippen LogP contribution is -2.20. The number of hydrogen-bond donors (Lipinski definition) is 1. The fourth-order valence-electron chi connectivity index (χ4n) is 2.14. The van der Waals surface area contributed by atoms with Gasteiger partial charge >= 0.3 is 0 Å². The standard InChI is InChI=1S/C15H19FN2/c1-11-8-14(16)6-5-13(11)10-18-7-3-4-15(18)9-12(2)17/h3-8,12H,9-10,17H2,1-2H3. The monoisotopic (exact) mass is 246 g/mol. The summed E-state index contributed by atoms with van der Waals surface area (Å²) < 4.78 is 15.2.